The highest BCUT2D eigenvalue weighted by Crippen LogP contribution is 2.20. The summed E-state index contributed by atoms with van der Waals surface area (Å²) < 4.78 is 67.2. The lowest BCUT2D eigenvalue weighted by Gasteiger charge is -2.10. The van der Waals surface area contributed by atoms with Crippen molar-refractivity contribution in [1.82, 2.24) is 9.97 Å². The fraction of sp³-hybridized carbons (Fsp3) is 0.111. The van der Waals surface area contributed by atoms with E-state index in [0.29, 0.717) is 11.4 Å². The number of nitrogens with one attached hydrogen (secondary N) is 2. The van der Waals surface area contributed by atoms with Crippen LogP contribution in [-0.4, -0.2) is 26.8 Å². The molecule has 0 fully saturated rings. The van der Waals surface area contributed by atoms with E-state index < -0.39 is 25.9 Å². The topological polar surface area (TPSA) is 118 Å². The molecule has 0 radical (unpaired) electrons. The molecule has 2 aromatic carbocycles. The molecule has 11 heteroatoms. The molecule has 0 saturated heterocycles. The predicted molar refractivity (Wildman–Crippen MR) is 106 cm³/mol. The maximum atomic E-state index is 13.0. The molecule has 8 nitrogen and oxygen atoms in total. The second-order valence-corrected chi connectivity index (χ2v) is 9.53. The number of anilines is 2. The minimum Gasteiger partial charge on any atom is -0.280 e. The average molecular weight is 436 g/mol. The van der Waals surface area contributed by atoms with Crippen LogP contribution in [0.3, 0.4) is 0 Å². The number of halogens is 1. The fourth-order valence-corrected chi connectivity index (χ4v) is 4.48. The summed E-state index contributed by atoms with van der Waals surface area (Å²) >= 11 is 0. The van der Waals surface area contributed by atoms with Gasteiger partial charge in [-0.3, -0.25) is 4.72 Å². The molecule has 1 aromatic heterocycles. The smallest absolute Gasteiger partial charge is 0.264 e. The first-order chi connectivity index (χ1) is 13.5. The van der Waals surface area contributed by atoms with Crippen molar-refractivity contribution in [2.75, 3.05) is 9.44 Å². The van der Waals surface area contributed by atoms with Gasteiger partial charge in [0, 0.05) is 17.1 Å². The van der Waals surface area contributed by atoms with Crippen LogP contribution in [-0.2, 0) is 20.0 Å². The van der Waals surface area contributed by atoms with Gasteiger partial charge in [-0.25, -0.2) is 35.9 Å². The van der Waals surface area contributed by atoms with Gasteiger partial charge in [-0.15, -0.1) is 0 Å². The van der Waals surface area contributed by atoms with Gasteiger partial charge in [0.15, 0.2) is 0 Å². The number of rotatable bonds is 6. The molecule has 0 atom stereocenters. The highest BCUT2D eigenvalue weighted by molar-refractivity contribution is 7.93. The van der Waals surface area contributed by atoms with Crippen LogP contribution in [0.25, 0.3) is 0 Å². The second-order valence-electron chi connectivity index (χ2n) is 6.16. The summed E-state index contributed by atoms with van der Waals surface area (Å²) in [6.45, 7) is 3.43. The number of aromatic nitrogens is 2. The van der Waals surface area contributed by atoms with Gasteiger partial charge < -0.3 is 0 Å². The largest absolute Gasteiger partial charge is 0.280 e. The molecule has 0 unspecified atom stereocenters. The van der Waals surface area contributed by atoms with Crippen molar-refractivity contribution in [3.05, 3.63) is 71.8 Å². The van der Waals surface area contributed by atoms with Gasteiger partial charge in [0.25, 0.3) is 20.0 Å². The van der Waals surface area contributed by atoms with E-state index in [-0.39, 0.29) is 21.4 Å². The Morgan fingerprint density at radius 3 is 1.69 bits per heavy atom. The van der Waals surface area contributed by atoms with E-state index in [9.17, 15) is 21.2 Å². The lowest BCUT2D eigenvalue weighted by Crippen LogP contribution is -2.16. The van der Waals surface area contributed by atoms with E-state index in [1.165, 1.54) is 24.3 Å². The molecule has 3 aromatic rings. The van der Waals surface area contributed by atoms with E-state index in [1.54, 1.807) is 19.9 Å². The predicted octanol–water partition coefficient (Wildman–Crippen LogP) is 2.83. The Balaban J connectivity index is 1.79. The van der Waals surface area contributed by atoms with E-state index in [0.717, 1.165) is 24.3 Å². The number of hydrogen-bond acceptors (Lipinski definition) is 6. The van der Waals surface area contributed by atoms with Crippen LogP contribution in [0.5, 0.6) is 0 Å². The third-order valence-corrected chi connectivity index (χ3v) is 6.49. The minimum atomic E-state index is -3.96. The first-order valence-corrected chi connectivity index (χ1v) is 11.3. The zero-order valence-corrected chi connectivity index (χ0v) is 17.1. The molecule has 2 N–H and O–H groups in total. The molecular formula is C18H17FN4O4S2. The fourth-order valence-electron chi connectivity index (χ4n) is 2.48. The zero-order valence-electron chi connectivity index (χ0n) is 15.4. The van der Waals surface area contributed by atoms with Gasteiger partial charge in [-0.1, -0.05) is 0 Å². The highest BCUT2D eigenvalue weighted by atomic mass is 32.2. The summed E-state index contributed by atoms with van der Waals surface area (Å²) in [6, 6.07) is 11.1. The van der Waals surface area contributed by atoms with Crippen molar-refractivity contribution in [2.45, 2.75) is 23.6 Å². The van der Waals surface area contributed by atoms with Gasteiger partial charge in [0.2, 0.25) is 5.95 Å². The molecule has 0 saturated carbocycles. The Morgan fingerprint density at radius 1 is 0.724 bits per heavy atom. The maximum Gasteiger partial charge on any atom is 0.264 e. The highest BCUT2D eigenvalue weighted by Gasteiger charge is 2.18. The SMILES string of the molecule is Cc1cc(C)nc(NS(=O)(=O)c2ccc(NS(=O)(=O)c3ccc(F)cc3)cc2)n1. The van der Waals surface area contributed by atoms with Crippen molar-refractivity contribution < 1.29 is 21.2 Å². The lowest BCUT2D eigenvalue weighted by atomic mass is 10.3. The summed E-state index contributed by atoms with van der Waals surface area (Å²) in [5.74, 6) is -0.609. The number of aryl methyl sites for hydroxylation is 2. The van der Waals surface area contributed by atoms with Crippen LogP contribution in [0.2, 0.25) is 0 Å². The standard InChI is InChI=1S/C18H17FN4O4S2/c1-12-11-13(2)21-18(20-12)23-29(26,27)17-9-5-15(6-10-17)22-28(24,25)16-7-3-14(19)4-8-16/h3-11,22H,1-2H3,(H,20,21,23). The monoisotopic (exact) mass is 436 g/mol. The molecule has 0 bridgehead atoms. The Bertz CT molecular complexity index is 1220. The van der Waals surface area contributed by atoms with Crippen molar-refractivity contribution in [1.29, 1.82) is 0 Å². The number of hydrogen-bond donors (Lipinski definition) is 2. The minimum absolute atomic E-state index is 0.0522. The van der Waals surface area contributed by atoms with Crippen LogP contribution in [0.1, 0.15) is 11.4 Å². The lowest BCUT2D eigenvalue weighted by molar-refractivity contribution is 0.598. The Hall–Kier alpha value is -3.05. The van der Waals surface area contributed by atoms with E-state index in [1.807, 2.05) is 0 Å². The summed E-state index contributed by atoms with van der Waals surface area (Å²) in [5, 5.41) is 0. The van der Waals surface area contributed by atoms with E-state index >= 15 is 0 Å². The van der Waals surface area contributed by atoms with Crippen LogP contribution < -0.4 is 9.44 Å². The van der Waals surface area contributed by atoms with Crippen molar-refractivity contribution in [3.8, 4) is 0 Å². The van der Waals surface area contributed by atoms with E-state index in [4.69, 9.17) is 0 Å². The molecule has 152 valence electrons. The van der Waals surface area contributed by atoms with Crippen LogP contribution in [0.4, 0.5) is 16.0 Å². The summed E-state index contributed by atoms with van der Waals surface area (Å²) in [5.41, 5.74) is 1.37. The molecule has 0 spiro atoms. The van der Waals surface area contributed by atoms with Gasteiger partial charge in [0.05, 0.1) is 9.79 Å². The number of sulfonamides is 2. The van der Waals surface area contributed by atoms with E-state index in [2.05, 4.69) is 19.4 Å². The van der Waals surface area contributed by atoms with Gasteiger partial charge >= 0.3 is 0 Å². The first kappa shape index (κ1) is 20.7. The summed E-state index contributed by atoms with van der Waals surface area (Å²) in [7, 11) is -7.90. The molecule has 0 amide bonds. The average Bonchev–Trinajstić information content (AvgIpc) is 2.61. The number of benzene rings is 2. The molecular weight excluding hydrogens is 419 g/mol. The normalized spacial score (nSPS) is 11.8. The Morgan fingerprint density at radius 2 is 1.17 bits per heavy atom. The van der Waals surface area contributed by atoms with Crippen LogP contribution >= 0.6 is 0 Å². The first-order valence-electron chi connectivity index (χ1n) is 8.29. The molecule has 0 aliphatic rings. The summed E-state index contributed by atoms with van der Waals surface area (Å²) in [4.78, 5) is 7.85. The third kappa shape index (κ3) is 5.06. The Labute approximate surface area is 168 Å². The zero-order chi connectivity index (χ0) is 21.2. The van der Waals surface area contributed by atoms with Gasteiger partial charge in [0.1, 0.15) is 5.82 Å². The van der Waals surface area contributed by atoms with Crippen molar-refractivity contribution in [2.24, 2.45) is 0 Å². The molecule has 1 heterocycles. The molecule has 29 heavy (non-hydrogen) atoms. The van der Waals surface area contributed by atoms with Gasteiger partial charge in [-0.2, -0.15) is 0 Å². The molecule has 3 rings (SSSR count). The van der Waals surface area contributed by atoms with Crippen molar-refractivity contribution >= 4 is 31.7 Å². The summed E-state index contributed by atoms with van der Waals surface area (Å²) in [6.07, 6.45) is 0. The van der Waals surface area contributed by atoms with Crippen molar-refractivity contribution in [3.63, 3.8) is 0 Å². The Kier molecular flexibility index (Phi) is 5.53. The van der Waals surface area contributed by atoms with Crippen LogP contribution in [0.15, 0.2) is 64.4 Å². The third-order valence-electron chi connectivity index (χ3n) is 3.75. The number of nitrogens with zero attached hydrogens (tertiary/aromatic N) is 2. The van der Waals surface area contributed by atoms with Gasteiger partial charge in [-0.05, 0) is 68.4 Å². The van der Waals surface area contributed by atoms with Crippen LogP contribution in [0, 0.1) is 19.7 Å². The molecule has 0 aliphatic heterocycles. The molecule has 0 aliphatic carbocycles. The quantitative estimate of drug-likeness (QED) is 0.613. The maximum absolute atomic E-state index is 13.0. The second kappa shape index (κ2) is 7.76.